The minimum absolute atomic E-state index is 0.200. The molecule has 2 unspecified atom stereocenters. The summed E-state index contributed by atoms with van der Waals surface area (Å²) in [5.74, 6) is 0.200. The third kappa shape index (κ3) is 2.71. The molecule has 0 radical (unpaired) electrons. The summed E-state index contributed by atoms with van der Waals surface area (Å²) < 4.78 is 5.69. The Morgan fingerprint density at radius 3 is 2.65 bits per heavy atom. The fraction of sp³-hybridized carbons (Fsp3) is 0.933. The summed E-state index contributed by atoms with van der Waals surface area (Å²) in [5.41, 5.74) is 5.41. The highest BCUT2D eigenvalue weighted by Gasteiger charge is 2.43. The van der Waals surface area contributed by atoms with Gasteiger partial charge in [0.25, 0.3) is 5.91 Å². The van der Waals surface area contributed by atoms with Crippen molar-refractivity contribution >= 4 is 5.91 Å². The second kappa shape index (κ2) is 5.62. The van der Waals surface area contributed by atoms with Gasteiger partial charge < -0.3 is 15.4 Å². The first kappa shape index (κ1) is 14.3. The highest BCUT2D eigenvalue weighted by Crippen LogP contribution is 2.29. The molecule has 0 aromatic rings. The number of hydrogen-bond donors (Lipinski definition) is 1. The molecule has 3 fully saturated rings. The van der Waals surface area contributed by atoms with Gasteiger partial charge >= 0.3 is 0 Å². The molecular formula is C15H27N3O2. The van der Waals surface area contributed by atoms with Crippen molar-refractivity contribution < 1.29 is 9.53 Å². The van der Waals surface area contributed by atoms with Gasteiger partial charge in [0.15, 0.2) is 0 Å². The normalized spacial score (nSPS) is 36.7. The van der Waals surface area contributed by atoms with Gasteiger partial charge in [0.05, 0.1) is 0 Å². The van der Waals surface area contributed by atoms with Crippen molar-refractivity contribution in [3.05, 3.63) is 0 Å². The quantitative estimate of drug-likeness (QED) is 0.804. The molecule has 0 spiro atoms. The van der Waals surface area contributed by atoms with Crippen molar-refractivity contribution in [1.29, 1.82) is 0 Å². The zero-order chi connectivity index (χ0) is 14.2. The number of amides is 1. The number of nitrogens with two attached hydrogens (primary N) is 1. The highest BCUT2D eigenvalue weighted by molar-refractivity contribution is 5.85. The molecule has 3 saturated heterocycles. The van der Waals surface area contributed by atoms with E-state index in [4.69, 9.17) is 10.5 Å². The largest absolute Gasteiger partial charge is 0.365 e. The number of rotatable bonds is 2. The van der Waals surface area contributed by atoms with Crippen molar-refractivity contribution in [2.45, 2.75) is 56.7 Å². The molecule has 114 valence electrons. The average Bonchev–Trinajstić information content (AvgIpc) is 3.09. The van der Waals surface area contributed by atoms with Gasteiger partial charge in [-0.15, -0.1) is 0 Å². The number of carbonyl (C=O) groups is 1. The number of hydrogen-bond acceptors (Lipinski definition) is 4. The van der Waals surface area contributed by atoms with Gasteiger partial charge in [0.2, 0.25) is 0 Å². The number of likely N-dealkylation sites (tertiary alicyclic amines) is 2. The van der Waals surface area contributed by atoms with Crippen LogP contribution in [0.5, 0.6) is 0 Å². The minimum Gasteiger partial charge on any atom is -0.365 e. The van der Waals surface area contributed by atoms with Crippen molar-refractivity contribution in [2.24, 2.45) is 5.73 Å². The minimum atomic E-state index is -0.556. The maximum Gasteiger partial charge on any atom is 0.254 e. The summed E-state index contributed by atoms with van der Waals surface area (Å²) >= 11 is 0. The third-order valence-electron chi connectivity index (χ3n) is 5.21. The molecular weight excluding hydrogens is 254 g/mol. The van der Waals surface area contributed by atoms with Crippen LogP contribution in [0.15, 0.2) is 0 Å². The van der Waals surface area contributed by atoms with Crippen molar-refractivity contribution in [3.63, 3.8) is 0 Å². The molecule has 20 heavy (non-hydrogen) atoms. The summed E-state index contributed by atoms with van der Waals surface area (Å²) in [6.45, 7) is 6.60. The SMILES string of the molecule is CC1(C(=O)N2CCC(N3CCC(N)CC3)C2)CCCO1. The van der Waals surface area contributed by atoms with E-state index in [2.05, 4.69) is 4.90 Å². The van der Waals surface area contributed by atoms with Crippen molar-refractivity contribution in [1.82, 2.24) is 9.80 Å². The van der Waals surface area contributed by atoms with Crippen molar-refractivity contribution in [3.8, 4) is 0 Å². The van der Waals surface area contributed by atoms with E-state index >= 15 is 0 Å². The maximum atomic E-state index is 12.6. The van der Waals surface area contributed by atoms with Crippen LogP contribution in [0.4, 0.5) is 0 Å². The fourth-order valence-electron chi connectivity index (χ4n) is 3.79. The van der Waals surface area contributed by atoms with E-state index in [0.717, 1.165) is 64.9 Å². The lowest BCUT2D eigenvalue weighted by atomic mass is 10.0. The number of piperidine rings is 1. The van der Waals surface area contributed by atoms with E-state index in [9.17, 15) is 4.79 Å². The molecule has 2 N–H and O–H groups in total. The second-order valence-electron chi connectivity index (χ2n) is 6.75. The van der Waals surface area contributed by atoms with E-state index in [-0.39, 0.29) is 5.91 Å². The molecule has 0 bridgehead atoms. The van der Waals surface area contributed by atoms with Gasteiger partial charge in [0.1, 0.15) is 5.60 Å². The van der Waals surface area contributed by atoms with Crippen LogP contribution in [0.2, 0.25) is 0 Å². The third-order valence-corrected chi connectivity index (χ3v) is 5.21. The Morgan fingerprint density at radius 1 is 1.25 bits per heavy atom. The molecule has 1 amide bonds. The average molecular weight is 281 g/mol. The molecule has 5 nitrogen and oxygen atoms in total. The van der Waals surface area contributed by atoms with Crippen LogP contribution in [0.1, 0.15) is 39.0 Å². The molecule has 0 saturated carbocycles. The maximum absolute atomic E-state index is 12.6. The van der Waals surface area contributed by atoms with Crippen LogP contribution in [-0.2, 0) is 9.53 Å². The summed E-state index contributed by atoms with van der Waals surface area (Å²) in [4.78, 5) is 17.2. The second-order valence-corrected chi connectivity index (χ2v) is 6.75. The Balaban J connectivity index is 1.55. The van der Waals surface area contributed by atoms with Crippen LogP contribution < -0.4 is 5.73 Å². The molecule has 5 heteroatoms. The Kier molecular flexibility index (Phi) is 4.02. The van der Waals surface area contributed by atoms with Gasteiger partial charge in [-0.05, 0) is 52.1 Å². The summed E-state index contributed by atoms with van der Waals surface area (Å²) in [7, 11) is 0. The lowest BCUT2D eigenvalue weighted by Crippen LogP contribution is -2.49. The van der Waals surface area contributed by atoms with Gasteiger partial charge in [-0.3, -0.25) is 9.69 Å². The topological polar surface area (TPSA) is 58.8 Å². The number of carbonyl (C=O) groups excluding carboxylic acids is 1. The lowest BCUT2D eigenvalue weighted by molar-refractivity contribution is -0.150. The van der Waals surface area contributed by atoms with E-state index in [0.29, 0.717) is 12.1 Å². The molecule has 3 aliphatic heterocycles. The molecule has 2 atom stereocenters. The summed E-state index contributed by atoms with van der Waals surface area (Å²) in [5, 5.41) is 0. The summed E-state index contributed by atoms with van der Waals surface area (Å²) in [6.07, 6.45) is 5.14. The van der Waals surface area contributed by atoms with Gasteiger partial charge in [-0.25, -0.2) is 0 Å². The molecule has 0 aliphatic carbocycles. The molecule has 3 heterocycles. The number of ether oxygens (including phenoxy) is 1. The number of nitrogens with zero attached hydrogens (tertiary/aromatic N) is 2. The van der Waals surface area contributed by atoms with Gasteiger partial charge in [-0.1, -0.05) is 0 Å². The van der Waals surface area contributed by atoms with Crippen molar-refractivity contribution in [2.75, 3.05) is 32.8 Å². The lowest BCUT2D eigenvalue weighted by Gasteiger charge is -2.35. The molecule has 0 aromatic carbocycles. The monoisotopic (exact) mass is 281 g/mol. The first-order chi connectivity index (χ1) is 9.58. The first-order valence-corrected chi connectivity index (χ1v) is 8.01. The predicted molar refractivity (Wildman–Crippen MR) is 77.4 cm³/mol. The van der Waals surface area contributed by atoms with Crippen LogP contribution >= 0.6 is 0 Å². The van der Waals surface area contributed by atoms with Gasteiger partial charge in [0, 0.05) is 31.8 Å². The smallest absolute Gasteiger partial charge is 0.254 e. The van der Waals surface area contributed by atoms with E-state index < -0.39 is 5.60 Å². The molecule has 3 rings (SSSR count). The van der Waals surface area contributed by atoms with Gasteiger partial charge in [-0.2, -0.15) is 0 Å². The molecule has 0 aromatic heterocycles. The van der Waals surface area contributed by atoms with E-state index in [1.54, 1.807) is 0 Å². The summed E-state index contributed by atoms with van der Waals surface area (Å²) in [6, 6.07) is 0.896. The van der Waals surface area contributed by atoms with Crippen LogP contribution in [0, 0.1) is 0 Å². The Morgan fingerprint density at radius 2 is 2.00 bits per heavy atom. The Labute approximate surface area is 121 Å². The van der Waals surface area contributed by atoms with Crippen LogP contribution in [-0.4, -0.2) is 66.2 Å². The van der Waals surface area contributed by atoms with E-state index in [1.165, 1.54) is 0 Å². The highest BCUT2D eigenvalue weighted by atomic mass is 16.5. The Hall–Kier alpha value is -0.650. The fourth-order valence-corrected chi connectivity index (χ4v) is 3.79. The van der Waals surface area contributed by atoms with Crippen LogP contribution in [0.25, 0.3) is 0 Å². The predicted octanol–water partition coefficient (Wildman–Crippen LogP) is 0.580. The molecule has 3 aliphatic rings. The Bertz CT molecular complexity index is 360. The standard InChI is InChI=1S/C15H27N3O2/c1-15(6-2-10-20-15)14(19)18-9-5-13(11-18)17-7-3-12(16)4-8-17/h12-13H,2-11,16H2,1H3. The first-order valence-electron chi connectivity index (χ1n) is 8.01. The zero-order valence-electron chi connectivity index (χ0n) is 12.5. The zero-order valence-corrected chi connectivity index (χ0v) is 12.5. The van der Waals surface area contributed by atoms with E-state index in [1.807, 2.05) is 11.8 Å². The van der Waals surface area contributed by atoms with Crippen LogP contribution in [0.3, 0.4) is 0 Å².